The third-order valence-electron chi connectivity index (χ3n) is 4.63. The molecule has 32 heavy (non-hydrogen) atoms. The summed E-state index contributed by atoms with van der Waals surface area (Å²) in [7, 11) is -3.47. The van der Waals surface area contributed by atoms with Crippen LogP contribution in [-0.2, 0) is 21.2 Å². The number of amides is 1. The molecule has 0 radical (unpaired) electrons. The van der Waals surface area contributed by atoms with E-state index in [-0.39, 0.29) is 0 Å². The van der Waals surface area contributed by atoms with Gasteiger partial charge in [-0.2, -0.15) is 0 Å². The first-order valence-electron chi connectivity index (χ1n) is 9.99. The standard InChI is InChI=1S/C25H24N2O4S/c1-32(30,31)27-22-14-15-24(21(17-22)13-12-19-8-4-2-5-9-19)25(29)26-23(18-28)16-20-10-6-3-7-11-20/h2-15,17-18,23,27H,16H2,1H3,(H,26,29). The summed E-state index contributed by atoms with van der Waals surface area (Å²) < 4.78 is 25.7. The van der Waals surface area contributed by atoms with Gasteiger partial charge in [-0.25, -0.2) is 8.42 Å². The van der Waals surface area contributed by atoms with E-state index in [1.54, 1.807) is 12.1 Å². The Balaban J connectivity index is 1.88. The van der Waals surface area contributed by atoms with Crippen molar-refractivity contribution < 1.29 is 18.0 Å². The molecular weight excluding hydrogens is 424 g/mol. The van der Waals surface area contributed by atoms with Gasteiger partial charge in [0.1, 0.15) is 6.29 Å². The summed E-state index contributed by atoms with van der Waals surface area (Å²) >= 11 is 0. The van der Waals surface area contributed by atoms with Gasteiger partial charge in [0.15, 0.2) is 0 Å². The van der Waals surface area contributed by atoms with Crippen LogP contribution in [0, 0.1) is 0 Å². The Morgan fingerprint density at radius 1 is 0.938 bits per heavy atom. The minimum absolute atomic E-state index is 0.330. The predicted octanol–water partition coefficient (Wildman–Crippen LogP) is 3.77. The molecule has 0 aliphatic heterocycles. The van der Waals surface area contributed by atoms with Crippen molar-refractivity contribution in [1.29, 1.82) is 0 Å². The SMILES string of the molecule is CS(=O)(=O)Nc1ccc(C(=O)NC(C=O)Cc2ccccc2)c(C=Cc2ccccc2)c1. The van der Waals surface area contributed by atoms with Gasteiger partial charge < -0.3 is 10.1 Å². The maximum Gasteiger partial charge on any atom is 0.252 e. The zero-order valence-corrected chi connectivity index (χ0v) is 18.4. The summed E-state index contributed by atoms with van der Waals surface area (Å²) in [5.74, 6) is -0.420. The first-order chi connectivity index (χ1) is 15.3. The topological polar surface area (TPSA) is 92.3 Å². The van der Waals surface area contributed by atoms with Gasteiger partial charge in [0.2, 0.25) is 10.0 Å². The fraction of sp³-hybridized carbons (Fsp3) is 0.120. The molecular formula is C25H24N2O4S. The molecule has 3 rings (SSSR count). The second-order valence-corrected chi connectivity index (χ2v) is 9.07. The van der Waals surface area contributed by atoms with Crippen LogP contribution in [0.25, 0.3) is 12.2 Å². The number of benzene rings is 3. The highest BCUT2D eigenvalue weighted by Gasteiger charge is 2.17. The van der Waals surface area contributed by atoms with Crippen molar-refractivity contribution in [1.82, 2.24) is 5.32 Å². The minimum atomic E-state index is -3.47. The molecule has 0 saturated heterocycles. The molecule has 0 aliphatic carbocycles. The molecule has 0 saturated carbocycles. The Kier molecular flexibility index (Phi) is 7.57. The molecule has 0 aliphatic rings. The lowest BCUT2D eigenvalue weighted by Crippen LogP contribution is -2.37. The van der Waals surface area contributed by atoms with E-state index < -0.39 is 22.0 Å². The number of anilines is 1. The molecule has 3 aromatic carbocycles. The van der Waals surface area contributed by atoms with Crippen molar-refractivity contribution in [3.05, 3.63) is 101 Å². The largest absolute Gasteiger partial charge is 0.342 e. The average molecular weight is 449 g/mol. The first kappa shape index (κ1) is 23.0. The first-order valence-corrected chi connectivity index (χ1v) is 11.9. The van der Waals surface area contributed by atoms with E-state index in [0.29, 0.717) is 29.5 Å². The molecule has 7 heteroatoms. The van der Waals surface area contributed by atoms with Crippen LogP contribution in [-0.4, -0.2) is 32.9 Å². The Morgan fingerprint density at radius 3 is 2.22 bits per heavy atom. The highest BCUT2D eigenvalue weighted by molar-refractivity contribution is 7.92. The normalized spacial score (nSPS) is 12.3. The van der Waals surface area contributed by atoms with Crippen molar-refractivity contribution in [2.45, 2.75) is 12.5 Å². The maximum atomic E-state index is 13.0. The summed E-state index contributed by atoms with van der Waals surface area (Å²) in [6.07, 6.45) is 5.72. The zero-order valence-electron chi connectivity index (χ0n) is 17.6. The fourth-order valence-electron chi connectivity index (χ4n) is 3.18. The number of carbonyl (C=O) groups is 2. The average Bonchev–Trinajstić information content (AvgIpc) is 2.77. The lowest BCUT2D eigenvalue weighted by molar-refractivity contribution is -0.109. The van der Waals surface area contributed by atoms with Gasteiger partial charge in [0.25, 0.3) is 5.91 Å². The minimum Gasteiger partial charge on any atom is -0.342 e. The molecule has 0 fully saturated rings. The molecule has 0 spiro atoms. The van der Waals surface area contributed by atoms with Gasteiger partial charge in [-0.05, 0) is 41.3 Å². The summed E-state index contributed by atoms with van der Waals surface area (Å²) in [6, 6.07) is 22.9. The van der Waals surface area contributed by atoms with Crippen LogP contribution in [0.1, 0.15) is 27.0 Å². The summed E-state index contributed by atoms with van der Waals surface area (Å²) in [6.45, 7) is 0. The Labute approximate surface area is 188 Å². The summed E-state index contributed by atoms with van der Waals surface area (Å²) in [5, 5.41) is 2.76. The van der Waals surface area contributed by atoms with Gasteiger partial charge in [-0.15, -0.1) is 0 Å². The second-order valence-electron chi connectivity index (χ2n) is 7.33. The summed E-state index contributed by atoms with van der Waals surface area (Å²) in [4.78, 5) is 24.6. The number of rotatable bonds is 9. The maximum absolute atomic E-state index is 13.0. The molecule has 2 N–H and O–H groups in total. The van der Waals surface area contributed by atoms with Crippen molar-refractivity contribution in [2.24, 2.45) is 0 Å². The Hall–Kier alpha value is -3.71. The number of nitrogens with one attached hydrogen (secondary N) is 2. The number of carbonyl (C=O) groups excluding carboxylic acids is 2. The van der Waals surface area contributed by atoms with E-state index >= 15 is 0 Å². The van der Waals surface area contributed by atoms with Gasteiger partial charge in [0.05, 0.1) is 12.3 Å². The van der Waals surface area contributed by atoms with Crippen LogP contribution >= 0.6 is 0 Å². The molecule has 6 nitrogen and oxygen atoms in total. The van der Waals surface area contributed by atoms with E-state index in [1.807, 2.05) is 66.7 Å². The van der Waals surface area contributed by atoms with Crippen molar-refractivity contribution >= 4 is 40.1 Å². The third-order valence-corrected chi connectivity index (χ3v) is 5.24. The molecule has 0 heterocycles. The second kappa shape index (κ2) is 10.5. The lowest BCUT2D eigenvalue weighted by Gasteiger charge is -2.15. The molecule has 3 aromatic rings. The van der Waals surface area contributed by atoms with E-state index in [9.17, 15) is 18.0 Å². The van der Waals surface area contributed by atoms with E-state index in [0.717, 1.165) is 17.4 Å². The van der Waals surface area contributed by atoms with E-state index in [2.05, 4.69) is 10.0 Å². The Morgan fingerprint density at radius 2 is 1.59 bits per heavy atom. The molecule has 1 unspecified atom stereocenters. The van der Waals surface area contributed by atoms with Crippen LogP contribution in [0.5, 0.6) is 0 Å². The van der Waals surface area contributed by atoms with Crippen molar-refractivity contribution in [3.63, 3.8) is 0 Å². The number of aldehydes is 1. The van der Waals surface area contributed by atoms with Crippen LogP contribution in [0.3, 0.4) is 0 Å². The van der Waals surface area contributed by atoms with Crippen LogP contribution < -0.4 is 10.0 Å². The smallest absolute Gasteiger partial charge is 0.252 e. The van der Waals surface area contributed by atoms with Crippen LogP contribution in [0.15, 0.2) is 78.9 Å². The monoisotopic (exact) mass is 448 g/mol. The summed E-state index contributed by atoms with van der Waals surface area (Å²) in [5.41, 5.74) is 3.05. The molecule has 164 valence electrons. The lowest BCUT2D eigenvalue weighted by atomic mass is 10.0. The third kappa shape index (κ3) is 6.92. The van der Waals surface area contributed by atoms with Gasteiger partial charge in [-0.3, -0.25) is 9.52 Å². The predicted molar refractivity (Wildman–Crippen MR) is 128 cm³/mol. The van der Waals surface area contributed by atoms with Crippen molar-refractivity contribution in [3.8, 4) is 0 Å². The molecule has 1 amide bonds. The number of hydrogen-bond donors (Lipinski definition) is 2. The molecule has 0 aromatic heterocycles. The Bertz CT molecular complexity index is 1210. The highest BCUT2D eigenvalue weighted by atomic mass is 32.2. The number of hydrogen-bond acceptors (Lipinski definition) is 4. The quantitative estimate of drug-likeness (QED) is 0.385. The van der Waals surface area contributed by atoms with Crippen LogP contribution in [0.4, 0.5) is 5.69 Å². The van der Waals surface area contributed by atoms with Crippen molar-refractivity contribution in [2.75, 3.05) is 11.0 Å². The van der Waals surface area contributed by atoms with Gasteiger partial charge in [0, 0.05) is 11.3 Å². The number of sulfonamides is 1. The molecule has 1 atom stereocenters. The zero-order chi connectivity index (χ0) is 23.0. The van der Waals surface area contributed by atoms with Crippen LogP contribution in [0.2, 0.25) is 0 Å². The fourth-order valence-corrected chi connectivity index (χ4v) is 3.74. The highest BCUT2D eigenvalue weighted by Crippen LogP contribution is 2.20. The van der Waals surface area contributed by atoms with E-state index in [1.165, 1.54) is 12.1 Å². The van der Waals surface area contributed by atoms with E-state index in [4.69, 9.17) is 0 Å². The van der Waals surface area contributed by atoms with Gasteiger partial charge in [-0.1, -0.05) is 72.8 Å². The molecule has 0 bridgehead atoms. The van der Waals surface area contributed by atoms with Gasteiger partial charge >= 0.3 is 0 Å².